The largest absolute Gasteiger partial charge is 0.311 e. The number of benzene rings is 2. The average molecular weight is 376 g/mol. The molecular formula is C19H21FN2O3S. The van der Waals surface area contributed by atoms with E-state index in [0.717, 1.165) is 11.1 Å². The minimum atomic E-state index is -3.79. The van der Waals surface area contributed by atoms with Crippen molar-refractivity contribution in [3.8, 4) is 0 Å². The number of rotatable bonds is 4. The van der Waals surface area contributed by atoms with Gasteiger partial charge in [-0.1, -0.05) is 6.07 Å². The van der Waals surface area contributed by atoms with Gasteiger partial charge in [0.25, 0.3) is 0 Å². The Kier molecular flexibility index (Phi) is 4.86. The Morgan fingerprint density at radius 2 is 1.77 bits per heavy atom. The van der Waals surface area contributed by atoms with Gasteiger partial charge in [-0.25, -0.2) is 12.8 Å². The zero-order valence-electron chi connectivity index (χ0n) is 14.9. The highest BCUT2D eigenvalue weighted by Crippen LogP contribution is 2.25. The third-order valence-corrected chi connectivity index (χ3v) is 6.21. The van der Waals surface area contributed by atoms with E-state index < -0.39 is 16.1 Å². The van der Waals surface area contributed by atoms with Crippen molar-refractivity contribution in [2.75, 3.05) is 11.4 Å². The molecule has 1 unspecified atom stereocenters. The van der Waals surface area contributed by atoms with E-state index >= 15 is 0 Å². The summed E-state index contributed by atoms with van der Waals surface area (Å²) in [7, 11) is -3.79. The van der Waals surface area contributed by atoms with Crippen LogP contribution in [0.25, 0.3) is 0 Å². The maximum Gasteiger partial charge on any atom is 0.245 e. The minimum absolute atomic E-state index is 0.143. The van der Waals surface area contributed by atoms with Gasteiger partial charge in [0.2, 0.25) is 15.9 Å². The van der Waals surface area contributed by atoms with Crippen LogP contribution in [0.5, 0.6) is 0 Å². The summed E-state index contributed by atoms with van der Waals surface area (Å²) in [5.41, 5.74) is 2.88. The number of carbonyl (C=O) groups excluding carboxylic acids is 1. The van der Waals surface area contributed by atoms with Crippen LogP contribution >= 0.6 is 0 Å². The van der Waals surface area contributed by atoms with Gasteiger partial charge in [-0.15, -0.1) is 0 Å². The number of nitrogens with one attached hydrogen (secondary N) is 1. The number of halogens is 1. The van der Waals surface area contributed by atoms with Crippen LogP contribution in [-0.4, -0.2) is 26.9 Å². The van der Waals surface area contributed by atoms with Crippen molar-refractivity contribution in [2.24, 2.45) is 0 Å². The Morgan fingerprint density at radius 1 is 1.04 bits per heavy atom. The number of sulfonamides is 1. The van der Waals surface area contributed by atoms with Crippen LogP contribution < -0.4 is 9.62 Å². The molecule has 1 atom stereocenters. The van der Waals surface area contributed by atoms with Gasteiger partial charge in [0.15, 0.2) is 0 Å². The minimum Gasteiger partial charge on any atom is -0.311 e. The van der Waals surface area contributed by atoms with Gasteiger partial charge in [-0.3, -0.25) is 4.79 Å². The number of nitrogens with zero attached hydrogens (tertiary/aromatic N) is 1. The van der Waals surface area contributed by atoms with E-state index in [1.807, 2.05) is 13.8 Å². The Balaban J connectivity index is 1.79. The number of carbonyl (C=O) groups is 1. The summed E-state index contributed by atoms with van der Waals surface area (Å²) in [6.07, 6.45) is 0.360. The lowest BCUT2D eigenvalue weighted by Crippen LogP contribution is -2.41. The monoisotopic (exact) mass is 376 g/mol. The van der Waals surface area contributed by atoms with Gasteiger partial charge in [0, 0.05) is 12.2 Å². The van der Waals surface area contributed by atoms with E-state index in [0.29, 0.717) is 24.2 Å². The lowest BCUT2D eigenvalue weighted by atomic mass is 10.1. The third-order valence-electron chi connectivity index (χ3n) is 4.74. The highest BCUT2D eigenvalue weighted by atomic mass is 32.2. The highest BCUT2D eigenvalue weighted by molar-refractivity contribution is 7.89. The number of aryl methyl sites for hydroxylation is 3. The molecule has 0 saturated carbocycles. The van der Waals surface area contributed by atoms with Gasteiger partial charge < -0.3 is 4.90 Å². The quantitative estimate of drug-likeness (QED) is 0.892. The molecule has 138 valence electrons. The van der Waals surface area contributed by atoms with Crippen molar-refractivity contribution < 1.29 is 17.6 Å². The van der Waals surface area contributed by atoms with Crippen LogP contribution in [0, 0.1) is 26.6 Å². The van der Waals surface area contributed by atoms with Crippen molar-refractivity contribution in [2.45, 2.75) is 38.1 Å². The molecule has 1 aliphatic rings. The normalized spacial score (nSPS) is 17.8. The van der Waals surface area contributed by atoms with Gasteiger partial charge in [-0.2, -0.15) is 4.72 Å². The molecule has 1 saturated heterocycles. The number of amides is 1. The van der Waals surface area contributed by atoms with Crippen molar-refractivity contribution in [3.63, 3.8) is 0 Å². The summed E-state index contributed by atoms with van der Waals surface area (Å²) in [6.45, 7) is 5.75. The smallest absolute Gasteiger partial charge is 0.245 e. The molecule has 5 nitrogen and oxygen atoms in total. The predicted molar refractivity (Wildman–Crippen MR) is 98.1 cm³/mol. The number of hydrogen-bond donors (Lipinski definition) is 1. The summed E-state index contributed by atoms with van der Waals surface area (Å²) in [4.78, 5) is 14.3. The van der Waals surface area contributed by atoms with Crippen molar-refractivity contribution in [1.82, 2.24) is 4.72 Å². The van der Waals surface area contributed by atoms with Crippen LogP contribution in [0.15, 0.2) is 41.3 Å². The first-order valence-electron chi connectivity index (χ1n) is 8.36. The summed E-state index contributed by atoms with van der Waals surface area (Å²) in [6, 6.07) is 8.47. The number of hydrogen-bond acceptors (Lipinski definition) is 3. The zero-order chi connectivity index (χ0) is 19.1. The van der Waals surface area contributed by atoms with E-state index in [4.69, 9.17) is 0 Å². The predicted octanol–water partition coefficient (Wildman–Crippen LogP) is 2.83. The first-order valence-corrected chi connectivity index (χ1v) is 9.84. The molecule has 1 aliphatic heterocycles. The van der Waals surface area contributed by atoms with Gasteiger partial charge in [0.1, 0.15) is 11.9 Å². The van der Waals surface area contributed by atoms with Crippen LogP contribution in [0.2, 0.25) is 0 Å². The van der Waals surface area contributed by atoms with Gasteiger partial charge in [0.05, 0.1) is 4.90 Å². The molecule has 0 radical (unpaired) electrons. The van der Waals surface area contributed by atoms with Crippen molar-refractivity contribution in [3.05, 3.63) is 58.9 Å². The maximum absolute atomic E-state index is 13.4. The molecule has 2 aromatic rings. The fourth-order valence-electron chi connectivity index (χ4n) is 2.98. The van der Waals surface area contributed by atoms with Crippen LogP contribution in [0.4, 0.5) is 10.1 Å². The SMILES string of the molecule is Cc1ccc(S(=O)(=O)NC2CCN(c3ccc(F)c(C)c3)C2=O)cc1C. The Hall–Kier alpha value is -2.25. The fraction of sp³-hybridized carbons (Fsp3) is 0.316. The summed E-state index contributed by atoms with van der Waals surface area (Å²) in [5.74, 6) is -0.671. The Labute approximate surface area is 152 Å². The molecule has 7 heteroatoms. The zero-order valence-corrected chi connectivity index (χ0v) is 15.7. The summed E-state index contributed by atoms with van der Waals surface area (Å²) in [5, 5.41) is 0. The second kappa shape index (κ2) is 6.81. The van der Waals surface area contributed by atoms with E-state index in [-0.39, 0.29) is 16.6 Å². The second-order valence-electron chi connectivity index (χ2n) is 6.63. The Bertz CT molecular complexity index is 973. The molecule has 1 heterocycles. The summed E-state index contributed by atoms with van der Waals surface area (Å²) >= 11 is 0. The molecule has 1 fully saturated rings. The van der Waals surface area contributed by atoms with Crippen LogP contribution in [0.1, 0.15) is 23.1 Å². The highest BCUT2D eigenvalue weighted by Gasteiger charge is 2.35. The first kappa shape index (κ1) is 18.5. The van der Waals surface area contributed by atoms with Gasteiger partial charge in [-0.05, 0) is 74.2 Å². The molecule has 3 rings (SSSR count). The summed E-state index contributed by atoms with van der Waals surface area (Å²) < 4.78 is 41.2. The van der Waals surface area contributed by atoms with Gasteiger partial charge >= 0.3 is 0 Å². The van der Waals surface area contributed by atoms with Crippen LogP contribution in [0.3, 0.4) is 0 Å². The topological polar surface area (TPSA) is 66.5 Å². The molecule has 0 spiro atoms. The van der Waals surface area contributed by atoms with Crippen LogP contribution in [-0.2, 0) is 14.8 Å². The lowest BCUT2D eigenvalue weighted by molar-refractivity contribution is -0.118. The van der Waals surface area contributed by atoms with E-state index in [1.165, 1.54) is 23.1 Å². The van der Waals surface area contributed by atoms with Crippen molar-refractivity contribution in [1.29, 1.82) is 0 Å². The molecular weight excluding hydrogens is 355 g/mol. The van der Waals surface area contributed by atoms with E-state index in [1.54, 1.807) is 25.1 Å². The molecule has 1 amide bonds. The second-order valence-corrected chi connectivity index (χ2v) is 8.35. The molecule has 0 aromatic heterocycles. The van der Waals surface area contributed by atoms with E-state index in [2.05, 4.69) is 4.72 Å². The van der Waals surface area contributed by atoms with E-state index in [9.17, 15) is 17.6 Å². The molecule has 26 heavy (non-hydrogen) atoms. The molecule has 2 aromatic carbocycles. The average Bonchev–Trinajstić information content (AvgIpc) is 2.93. The molecule has 1 N–H and O–H groups in total. The first-order chi connectivity index (χ1) is 12.2. The third kappa shape index (κ3) is 3.50. The molecule has 0 bridgehead atoms. The molecule has 0 aliphatic carbocycles. The number of anilines is 1. The lowest BCUT2D eigenvalue weighted by Gasteiger charge is -2.18. The standard InChI is InChI=1S/C19H21FN2O3S/c1-12-4-6-16(11-13(12)2)26(24,25)21-18-8-9-22(19(18)23)15-5-7-17(20)14(3)10-15/h4-7,10-11,18,21H,8-9H2,1-3H3. The fourth-order valence-corrected chi connectivity index (χ4v) is 4.29. The maximum atomic E-state index is 13.4. The van der Waals surface area contributed by atoms with Crippen molar-refractivity contribution >= 4 is 21.6 Å². The Morgan fingerprint density at radius 3 is 2.42 bits per heavy atom.